The van der Waals surface area contributed by atoms with E-state index in [1.54, 1.807) is 6.07 Å². The SMILES string of the molecule is O=[N+]([O-])c1cc(S(=O)(=O)N2CCCC2)ccc1N1CCCC(c2nnc3n2CCCCC3)C1. The predicted molar refractivity (Wildman–Crippen MR) is 123 cm³/mol. The lowest BCUT2D eigenvalue weighted by molar-refractivity contribution is -0.384. The fourth-order valence-electron chi connectivity index (χ4n) is 5.37. The molecular formula is C22H30N6O4S. The van der Waals surface area contributed by atoms with E-state index >= 15 is 0 Å². The van der Waals surface area contributed by atoms with Gasteiger partial charge in [-0.3, -0.25) is 10.1 Å². The first kappa shape index (κ1) is 22.3. The number of benzene rings is 1. The van der Waals surface area contributed by atoms with E-state index in [-0.39, 0.29) is 16.5 Å². The molecule has 5 rings (SSSR count). The fraction of sp³-hybridized carbons (Fsp3) is 0.636. The molecule has 3 aliphatic heterocycles. The molecule has 178 valence electrons. The third kappa shape index (κ3) is 4.23. The van der Waals surface area contributed by atoms with Crippen molar-refractivity contribution in [3.8, 4) is 0 Å². The second-order valence-electron chi connectivity index (χ2n) is 9.24. The smallest absolute Gasteiger partial charge is 0.293 e. The van der Waals surface area contributed by atoms with E-state index in [1.165, 1.54) is 22.9 Å². The van der Waals surface area contributed by atoms with Crippen LogP contribution in [0.1, 0.15) is 62.5 Å². The van der Waals surface area contributed by atoms with Gasteiger partial charge in [0, 0.05) is 51.1 Å². The molecule has 0 saturated carbocycles. The van der Waals surface area contributed by atoms with E-state index in [2.05, 4.69) is 14.8 Å². The number of nitro benzene ring substituents is 1. The molecule has 0 bridgehead atoms. The molecule has 3 aliphatic rings. The molecule has 1 aromatic carbocycles. The predicted octanol–water partition coefficient (Wildman–Crippen LogP) is 3.08. The highest BCUT2D eigenvalue weighted by atomic mass is 32.2. The Morgan fingerprint density at radius 1 is 0.970 bits per heavy atom. The van der Waals surface area contributed by atoms with Gasteiger partial charge in [0.1, 0.15) is 17.3 Å². The third-order valence-electron chi connectivity index (χ3n) is 7.11. The van der Waals surface area contributed by atoms with Crippen LogP contribution in [0.4, 0.5) is 11.4 Å². The van der Waals surface area contributed by atoms with Gasteiger partial charge in [-0.2, -0.15) is 4.31 Å². The molecule has 10 nitrogen and oxygen atoms in total. The Hall–Kier alpha value is -2.53. The summed E-state index contributed by atoms with van der Waals surface area (Å²) in [6.07, 6.45) is 7.88. The van der Waals surface area contributed by atoms with Gasteiger partial charge >= 0.3 is 0 Å². The number of hydrogen-bond donors (Lipinski definition) is 0. The number of fused-ring (bicyclic) bond motifs is 1. The highest BCUT2D eigenvalue weighted by molar-refractivity contribution is 7.89. The molecule has 0 spiro atoms. The molecule has 4 heterocycles. The Bertz CT molecular complexity index is 1140. The minimum Gasteiger partial charge on any atom is -0.365 e. The number of aryl methyl sites for hydroxylation is 1. The minimum absolute atomic E-state index is 0.00353. The second-order valence-corrected chi connectivity index (χ2v) is 11.2. The summed E-state index contributed by atoms with van der Waals surface area (Å²) in [5.74, 6) is 2.17. The molecule has 0 amide bonds. The van der Waals surface area contributed by atoms with Gasteiger partial charge in [0.2, 0.25) is 10.0 Å². The normalized spacial score (nSPS) is 22.2. The van der Waals surface area contributed by atoms with E-state index in [0.29, 0.717) is 31.9 Å². The molecule has 33 heavy (non-hydrogen) atoms. The Kier molecular flexibility index (Phi) is 6.09. The third-order valence-corrected chi connectivity index (χ3v) is 9.01. The number of nitrogens with zero attached hydrogens (tertiary/aromatic N) is 6. The van der Waals surface area contributed by atoms with Crippen molar-refractivity contribution in [3.63, 3.8) is 0 Å². The van der Waals surface area contributed by atoms with Crippen LogP contribution in [-0.4, -0.2) is 58.6 Å². The van der Waals surface area contributed by atoms with Crippen molar-refractivity contribution >= 4 is 21.4 Å². The van der Waals surface area contributed by atoms with Gasteiger partial charge in [0.25, 0.3) is 5.69 Å². The van der Waals surface area contributed by atoms with Crippen LogP contribution in [0.2, 0.25) is 0 Å². The number of rotatable bonds is 5. The average molecular weight is 475 g/mol. The lowest BCUT2D eigenvalue weighted by atomic mass is 9.96. The highest BCUT2D eigenvalue weighted by Crippen LogP contribution is 2.37. The lowest BCUT2D eigenvalue weighted by Gasteiger charge is -2.34. The van der Waals surface area contributed by atoms with Crippen molar-refractivity contribution in [2.75, 3.05) is 31.1 Å². The van der Waals surface area contributed by atoms with Gasteiger partial charge in [0.05, 0.1) is 9.82 Å². The first-order valence-corrected chi connectivity index (χ1v) is 13.3. The van der Waals surface area contributed by atoms with Gasteiger partial charge in [-0.15, -0.1) is 10.2 Å². The van der Waals surface area contributed by atoms with Gasteiger partial charge in [-0.05, 0) is 50.7 Å². The number of piperidine rings is 1. The van der Waals surface area contributed by atoms with Crippen molar-refractivity contribution in [2.24, 2.45) is 0 Å². The van der Waals surface area contributed by atoms with Crippen LogP contribution in [0, 0.1) is 10.1 Å². The summed E-state index contributed by atoms with van der Waals surface area (Å²) in [7, 11) is -3.71. The molecule has 2 saturated heterocycles. The van der Waals surface area contributed by atoms with Crippen molar-refractivity contribution in [2.45, 2.75) is 68.7 Å². The van der Waals surface area contributed by atoms with Gasteiger partial charge in [0.15, 0.2) is 0 Å². The van der Waals surface area contributed by atoms with Crippen LogP contribution in [0.5, 0.6) is 0 Å². The zero-order chi connectivity index (χ0) is 23.0. The molecule has 1 aromatic heterocycles. The number of aromatic nitrogens is 3. The van der Waals surface area contributed by atoms with Crippen LogP contribution < -0.4 is 4.90 Å². The molecule has 1 unspecified atom stereocenters. The van der Waals surface area contributed by atoms with Gasteiger partial charge in [-0.1, -0.05) is 6.42 Å². The van der Waals surface area contributed by atoms with Gasteiger partial charge < -0.3 is 9.47 Å². The summed E-state index contributed by atoms with van der Waals surface area (Å²) in [5, 5.41) is 20.9. The Morgan fingerprint density at radius 3 is 2.55 bits per heavy atom. The summed E-state index contributed by atoms with van der Waals surface area (Å²) < 4.78 is 29.5. The highest BCUT2D eigenvalue weighted by Gasteiger charge is 2.33. The first-order chi connectivity index (χ1) is 15.9. The maximum Gasteiger partial charge on any atom is 0.293 e. The Balaban J connectivity index is 1.43. The van der Waals surface area contributed by atoms with Gasteiger partial charge in [-0.25, -0.2) is 8.42 Å². The molecule has 0 N–H and O–H groups in total. The van der Waals surface area contributed by atoms with Crippen LogP contribution in [0.3, 0.4) is 0 Å². The Labute approximate surface area is 193 Å². The summed E-state index contributed by atoms with van der Waals surface area (Å²) in [5.41, 5.74) is 0.316. The molecule has 0 aliphatic carbocycles. The maximum atomic E-state index is 12.9. The molecule has 1 atom stereocenters. The van der Waals surface area contributed by atoms with Crippen molar-refractivity contribution in [1.29, 1.82) is 0 Å². The van der Waals surface area contributed by atoms with Crippen molar-refractivity contribution < 1.29 is 13.3 Å². The Morgan fingerprint density at radius 2 is 1.76 bits per heavy atom. The average Bonchev–Trinajstić information content (AvgIpc) is 3.45. The van der Waals surface area contributed by atoms with E-state index in [4.69, 9.17) is 0 Å². The van der Waals surface area contributed by atoms with E-state index < -0.39 is 14.9 Å². The summed E-state index contributed by atoms with van der Waals surface area (Å²) in [6.45, 7) is 3.16. The summed E-state index contributed by atoms with van der Waals surface area (Å²) in [6, 6.07) is 4.35. The lowest BCUT2D eigenvalue weighted by Crippen LogP contribution is -2.36. The molecule has 0 radical (unpaired) electrons. The topological polar surface area (TPSA) is 114 Å². The molecular weight excluding hydrogens is 444 g/mol. The van der Waals surface area contributed by atoms with E-state index in [9.17, 15) is 18.5 Å². The number of anilines is 1. The largest absolute Gasteiger partial charge is 0.365 e. The monoisotopic (exact) mass is 474 g/mol. The van der Waals surface area contributed by atoms with Crippen LogP contribution in [0.15, 0.2) is 23.1 Å². The van der Waals surface area contributed by atoms with Crippen molar-refractivity contribution in [1.82, 2.24) is 19.1 Å². The molecule has 2 fully saturated rings. The first-order valence-electron chi connectivity index (χ1n) is 11.9. The maximum absolute atomic E-state index is 12.9. The van der Waals surface area contributed by atoms with Crippen LogP contribution in [0.25, 0.3) is 0 Å². The van der Waals surface area contributed by atoms with Crippen LogP contribution >= 0.6 is 0 Å². The summed E-state index contributed by atoms with van der Waals surface area (Å²) >= 11 is 0. The fourth-order valence-corrected chi connectivity index (χ4v) is 6.91. The zero-order valence-corrected chi connectivity index (χ0v) is 19.5. The van der Waals surface area contributed by atoms with E-state index in [0.717, 1.165) is 63.1 Å². The second kappa shape index (κ2) is 9.02. The van der Waals surface area contributed by atoms with Crippen LogP contribution in [-0.2, 0) is 23.0 Å². The minimum atomic E-state index is -3.71. The molecule has 11 heteroatoms. The summed E-state index contributed by atoms with van der Waals surface area (Å²) in [4.78, 5) is 13.5. The zero-order valence-electron chi connectivity index (χ0n) is 18.7. The molecule has 2 aromatic rings. The number of sulfonamides is 1. The quantitative estimate of drug-likeness (QED) is 0.483. The number of nitro groups is 1. The van der Waals surface area contributed by atoms with Crippen molar-refractivity contribution in [3.05, 3.63) is 40.0 Å². The van der Waals surface area contributed by atoms with E-state index in [1.807, 2.05) is 4.90 Å². The standard InChI is InChI=1S/C22H30N6O4S/c29-28(30)20-15-18(33(31,32)26-12-4-5-13-26)9-10-19(20)25-11-6-7-17(16-25)22-24-23-21-8-2-1-3-14-27(21)22/h9-10,15,17H,1-8,11-14,16H2. The number of hydrogen-bond acceptors (Lipinski definition) is 7.